The van der Waals surface area contributed by atoms with Gasteiger partial charge in [-0.25, -0.2) is 4.79 Å². The number of carbonyl (C=O) groups is 1. The molecule has 18 heavy (non-hydrogen) atoms. The monoisotopic (exact) mass is 279 g/mol. The molecular formula is C11H12ClF2NO3. The van der Waals surface area contributed by atoms with E-state index in [2.05, 4.69) is 14.8 Å². The summed E-state index contributed by atoms with van der Waals surface area (Å²) in [4.78, 5) is 11.2. The Kier molecular flexibility index (Phi) is 5.15. The van der Waals surface area contributed by atoms with Crippen LogP contribution in [0.5, 0.6) is 5.75 Å². The maximum atomic E-state index is 12.1. The molecule has 0 heterocycles. The number of hydrogen-bond donors (Lipinski definition) is 1. The molecule has 0 radical (unpaired) electrons. The molecule has 1 aromatic carbocycles. The fourth-order valence-electron chi connectivity index (χ4n) is 1.27. The summed E-state index contributed by atoms with van der Waals surface area (Å²) < 4.78 is 33.0. The number of benzene rings is 1. The number of alkyl halides is 2. The minimum atomic E-state index is -2.96. The van der Waals surface area contributed by atoms with Crippen LogP contribution in [0.25, 0.3) is 0 Å². The number of rotatable bonds is 5. The number of halogens is 3. The number of ether oxygens (including phenoxy) is 2. The highest BCUT2D eigenvalue weighted by molar-refractivity contribution is 6.32. The second kappa shape index (κ2) is 6.39. The molecule has 0 fully saturated rings. The normalized spacial score (nSPS) is 12.1. The number of nitrogens with one attached hydrogen (secondary N) is 1. The summed E-state index contributed by atoms with van der Waals surface area (Å²) in [5.41, 5.74) is 0.424. The van der Waals surface area contributed by atoms with Crippen LogP contribution < -0.4 is 10.1 Å². The van der Waals surface area contributed by atoms with Crippen LogP contribution in [-0.2, 0) is 9.53 Å². The third-order valence-electron chi connectivity index (χ3n) is 2.09. The molecule has 7 heteroatoms. The minimum Gasteiger partial charge on any atom is -0.467 e. The molecule has 0 bridgehead atoms. The predicted octanol–water partition coefficient (Wildman–Crippen LogP) is 2.91. The zero-order chi connectivity index (χ0) is 13.7. The van der Waals surface area contributed by atoms with Crippen LogP contribution in [0, 0.1) is 0 Å². The van der Waals surface area contributed by atoms with Crippen molar-refractivity contribution in [3.8, 4) is 5.75 Å². The van der Waals surface area contributed by atoms with E-state index in [-0.39, 0.29) is 10.8 Å². The number of anilines is 1. The average molecular weight is 280 g/mol. The number of carbonyl (C=O) groups excluding carboxylic acids is 1. The van der Waals surface area contributed by atoms with Gasteiger partial charge in [-0.15, -0.1) is 0 Å². The quantitative estimate of drug-likeness (QED) is 0.842. The van der Waals surface area contributed by atoms with Gasteiger partial charge in [0, 0.05) is 11.8 Å². The Morgan fingerprint density at radius 1 is 1.44 bits per heavy atom. The third kappa shape index (κ3) is 4.03. The lowest BCUT2D eigenvalue weighted by molar-refractivity contribution is -0.141. The van der Waals surface area contributed by atoms with Crippen molar-refractivity contribution in [2.24, 2.45) is 0 Å². The zero-order valence-corrected chi connectivity index (χ0v) is 10.5. The molecule has 0 unspecified atom stereocenters. The molecule has 1 rings (SSSR count). The highest BCUT2D eigenvalue weighted by Gasteiger charge is 2.14. The standard InChI is InChI=1S/C11H12ClF2NO3/c1-6(10(16)17-2)15-7-3-4-8(12)9(5-7)18-11(13)14/h3-6,11,15H,1-2H3/t6-/m0/s1. The maximum Gasteiger partial charge on any atom is 0.387 e. The highest BCUT2D eigenvalue weighted by atomic mass is 35.5. The molecule has 0 aromatic heterocycles. The molecule has 0 aliphatic heterocycles. The van der Waals surface area contributed by atoms with Gasteiger partial charge in [-0.2, -0.15) is 8.78 Å². The van der Waals surface area contributed by atoms with Gasteiger partial charge in [0.15, 0.2) is 0 Å². The molecule has 0 aliphatic rings. The van der Waals surface area contributed by atoms with Crippen molar-refractivity contribution in [1.82, 2.24) is 0 Å². The summed E-state index contributed by atoms with van der Waals surface area (Å²) in [6.07, 6.45) is 0. The van der Waals surface area contributed by atoms with E-state index in [4.69, 9.17) is 11.6 Å². The van der Waals surface area contributed by atoms with E-state index in [1.54, 1.807) is 13.0 Å². The van der Waals surface area contributed by atoms with Crippen molar-refractivity contribution >= 4 is 23.3 Å². The lowest BCUT2D eigenvalue weighted by atomic mass is 10.2. The maximum absolute atomic E-state index is 12.1. The summed E-state index contributed by atoms with van der Waals surface area (Å²) in [6.45, 7) is -1.38. The summed E-state index contributed by atoms with van der Waals surface area (Å²) in [5.74, 6) is -0.630. The summed E-state index contributed by atoms with van der Waals surface area (Å²) in [7, 11) is 1.26. The second-order valence-electron chi connectivity index (χ2n) is 3.41. The first-order valence-electron chi connectivity index (χ1n) is 5.02. The fraction of sp³-hybridized carbons (Fsp3) is 0.364. The Bertz CT molecular complexity index is 429. The first-order chi connectivity index (χ1) is 8.43. The Balaban J connectivity index is 2.81. The topological polar surface area (TPSA) is 47.6 Å². The highest BCUT2D eigenvalue weighted by Crippen LogP contribution is 2.29. The molecular weight excluding hydrogens is 268 g/mol. The Morgan fingerprint density at radius 2 is 2.11 bits per heavy atom. The van der Waals surface area contributed by atoms with E-state index >= 15 is 0 Å². The first-order valence-corrected chi connectivity index (χ1v) is 5.40. The van der Waals surface area contributed by atoms with Crippen molar-refractivity contribution < 1.29 is 23.0 Å². The van der Waals surface area contributed by atoms with Gasteiger partial charge in [0.05, 0.1) is 12.1 Å². The Morgan fingerprint density at radius 3 is 2.67 bits per heavy atom. The van der Waals surface area contributed by atoms with E-state index in [1.165, 1.54) is 19.2 Å². The van der Waals surface area contributed by atoms with Crippen molar-refractivity contribution in [2.75, 3.05) is 12.4 Å². The molecule has 0 amide bonds. The zero-order valence-electron chi connectivity index (χ0n) is 9.75. The van der Waals surface area contributed by atoms with E-state index in [9.17, 15) is 13.6 Å². The predicted molar refractivity (Wildman–Crippen MR) is 63.2 cm³/mol. The molecule has 0 saturated carbocycles. The smallest absolute Gasteiger partial charge is 0.387 e. The van der Waals surface area contributed by atoms with Crippen molar-refractivity contribution in [3.05, 3.63) is 23.2 Å². The summed E-state index contributed by atoms with van der Waals surface area (Å²) in [6, 6.07) is 3.61. The fourth-order valence-corrected chi connectivity index (χ4v) is 1.43. The van der Waals surface area contributed by atoms with Crippen LogP contribution in [-0.4, -0.2) is 25.7 Å². The number of hydrogen-bond acceptors (Lipinski definition) is 4. The number of esters is 1. The van der Waals surface area contributed by atoms with E-state index in [0.29, 0.717) is 5.69 Å². The van der Waals surface area contributed by atoms with E-state index in [1.807, 2.05) is 0 Å². The van der Waals surface area contributed by atoms with Crippen LogP contribution in [0.15, 0.2) is 18.2 Å². The van der Waals surface area contributed by atoms with Gasteiger partial charge in [0.2, 0.25) is 0 Å². The largest absolute Gasteiger partial charge is 0.467 e. The van der Waals surface area contributed by atoms with Gasteiger partial charge in [0.25, 0.3) is 0 Å². The van der Waals surface area contributed by atoms with Gasteiger partial charge < -0.3 is 14.8 Å². The van der Waals surface area contributed by atoms with Crippen molar-refractivity contribution in [2.45, 2.75) is 19.6 Å². The van der Waals surface area contributed by atoms with Gasteiger partial charge in [-0.3, -0.25) is 0 Å². The number of methoxy groups -OCH3 is 1. The van der Waals surface area contributed by atoms with Crippen LogP contribution in [0.2, 0.25) is 5.02 Å². The molecule has 0 saturated heterocycles. The van der Waals surface area contributed by atoms with Crippen molar-refractivity contribution in [1.29, 1.82) is 0 Å². The second-order valence-corrected chi connectivity index (χ2v) is 3.82. The molecule has 0 aliphatic carbocycles. The van der Waals surface area contributed by atoms with Crippen LogP contribution in [0.4, 0.5) is 14.5 Å². The first kappa shape index (κ1) is 14.5. The summed E-state index contributed by atoms with van der Waals surface area (Å²) in [5, 5.41) is 2.84. The van der Waals surface area contributed by atoms with Gasteiger partial charge in [-0.1, -0.05) is 11.6 Å². The lowest BCUT2D eigenvalue weighted by Crippen LogP contribution is -2.27. The van der Waals surface area contributed by atoms with Gasteiger partial charge in [-0.05, 0) is 19.1 Å². The average Bonchev–Trinajstić information content (AvgIpc) is 2.31. The molecule has 100 valence electrons. The van der Waals surface area contributed by atoms with Crippen LogP contribution in [0.3, 0.4) is 0 Å². The molecule has 1 N–H and O–H groups in total. The van der Waals surface area contributed by atoms with Crippen LogP contribution in [0.1, 0.15) is 6.92 Å². The van der Waals surface area contributed by atoms with E-state index < -0.39 is 18.6 Å². The van der Waals surface area contributed by atoms with Crippen LogP contribution >= 0.6 is 11.6 Å². The molecule has 1 atom stereocenters. The lowest BCUT2D eigenvalue weighted by Gasteiger charge is -2.14. The minimum absolute atomic E-state index is 0.0616. The molecule has 4 nitrogen and oxygen atoms in total. The van der Waals surface area contributed by atoms with Crippen molar-refractivity contribution in [3.63, 3.8) is 0 Å². The Labute approximate surface area is 108 Å². The Hall–Kier alpha value is -1.56. The molecule has 0 spiro atoms. The molecule has 1 aromatic rings. The van der Waals surface area contributed by atoms with E-state index in [0.717, 1.165) is 0 Å². The van der Waals surface area contributed by atoms with Gasteiger partial charge >= 0.3 is 12.6 Å². The van der Waals surface area contributed by atoms with Gasteiger partial charge in [0.1, 0.15) is 11.8 Å². The third-order valence-corrected chi connectivity index (χ3v) is 2.40. The SMILES string of the molecule is COC(=O)[C@H](C)Nc1ccc(Cl)c(OC(F)F)c1. The summed E-state index contributed by atoms with van der Waals surface area (Å²) >= 11 is 5.69.